The number of likely N-dealkylation sites (tertiary alicyclic amines) is 1. The van der Waals surface area contributed by atoms with E-state index >= 15 is 0 Å². The first-order valence-corrected chi connectivity index (χ1v) is 11.2. The minimum Gasteiger partial charge on any atom is -0.491 e. The van der Waals surface area contributed by atoms with E-state index in [9.17, 15) is 9.90 Å². The first kappa shape index (κ1) is 21.6. The summed E-state index contributed by atoms with van der Waals surface area (Å²) in [6.07, 6.45) is 1.56. The molecule has 3 fully saturated rings. The van der Waals surface area contributed by atoms with E-state index in [-0.39, 0.29) is 11.8 Å². The second-order valence-corrected chi connectivity index (χ2v) is 10.8. The molecule has 2 unspecified atom stereocenters. The molecule has 1 aromatic carbocycles. The number of aliphatic hydroxyl groups is 1. The predicted octanol–water partition coefficient (Wildman–Crippen LogP) is 3.11. The number of aliphatic hydroxyl groups excluding tert-OH is 1. The van der Waals surface area contributed by atoms with Crippen molar-refractivity contribution in [3.8, 4) is 5.75 Å². The molecule has 1 aromatic rings. The second-order valence-electron chi connectivity index (χ2n) is 10.8. The maximum Gasteiger partial charge on any atom is 0.224 e. The predicted molar refractivity (Wildman–Crippen MR) is 115 cm³/mol. The summed E-state index contributed by atoms with van der Waals surface area (Å²) in [5.74, 6) is 2.30. The number of para-hydroxylation sites is 1. The molecule has 4 atom stereocenters. The summed E-state index contributed by atoms with van der Waals surface area (Å²) in [6, 6.07) is 8.23. The Bertz CT molecular complexity index is 772. The Morgan fingerprint density at radius 1 is 1.17 bits per heavy atom. The van der Waals surface area contributed by atoms with Crippen molar-refractivity contribution >= 4 is 5.91 Å². The number of benzene rings is 1. The van der Waals surface area contributed by atoms with Crippen molar-refractivity contribution in [2.75, 3.05) is 19.7 Å². The number of rotatable bonds is 8. The van der Waals surface area contributed by atoms with Crippen LogP contribution < -0.4 is 10.1 Å². The van der Waals surface area contributed by atoms with Crippen molar-refractivity contribution in [2.45, 2.75) is 70.9 Å². The van der Waals surface area contributed by atoms with E-state index < -0.39 is 17.6 Å². The van der Waals surface area contributed by atoms with Crippen LogP contribution in [0.2, 0.25) is 0 Å². The number of hydrogen-bond donors (Lipinski definition) is 2. The molecule has 6 heteroatoms. The van der Waals surface area contributed by atoms with Crippen molar-refractivity contribution in [1.82, 2.24) is 10.2 Å². The number of piperidine rings is 1. The Labute approximate surface area is 179 Å². The maximum atomic E-state index is 12.9. The van der Waals surface area contributed by atoms with E-state index in [0.717, 1.165) is 5.75 Å². The van der Waals surface area contributed by atoms with Crippen molar-refractivity contribution in [2.24, 2.45) is 17.8 Å². The van der Waals surface area contributed by atoms with Gasteiger partial charge in [-0.25, -0.2) is 0 Å². The van der Waals surface area contributed by atoms with Crippen LogP contribution in [0.15, 0.2) is 24.3 Å². The summed E-state index contributed by atoms with van der Waals surface area (Å²) in [5, 5.41) is 13.5. The zero-order valence-electron chi connectivity index (χ0n) is 18.9. The average Bonchev–Trinajstić information content (AvgIpc) is 3.56. The van der Waals surface area contributed by atoms with Gasteiger partial charge in [-0.2, -0.15) is 0 Å². The van der Waals surface area contributed by atoms with Crippen LogP contribution in [0.5, 0.6) is 5.75 Å². The summed E-state index contributed by atoms with van der Waals surface area (Å²) in [4.78, 5) is 14.8. The fourth-order valence-corrected chi connectivity index (χ4v) is 4.57. The molecular weight excluding hydrogens is 380 g/mol. The summed E-state index contributed by atoms with van der Waals surface area (Å²) in [5.41, 5.74) is 0.442. The van der Waals surface area contributed by atoms with Crippen molar-refractivity contribution in [3.63, 3.8) is 0 Å². The zero-order valence-corrected chi connectivity index (χ0v) is 18.9. The lowest BCUT2D eigenvalue weighted by atomic mass is 10.1. The molecule has 0 aromatic heterocycles. The fourth-order valence-electron chi connectivity index (χ4n) is 4.57. The van der Waals surface area contributed by atoms with Crippen LogP contribution in [0, 0.1) is 17.8 Å². The Morgan fingerprint density at radius 3 is 2.40 bits per heavy atom. The van der Waals surface area contributed by atoms with Crippen LogP contribution in [0.4, 0.5) is 0 Å². The number of amides is 1. The van der Waals surface area contributed by atoms with Gasteiger partial charge in [-0.1, -0.05) is 18.2 Å². The van der Waals surface area contributed by atoms with Gasteiger partial charge in [0.1, 0.15) is 12.4 Å². The SMILES string of the molecule is CC(C)(COc1ccccc1C1CC1)NC(=O)C1[C@H]2CN(C(O)OC(C)(C)C)C[C@@H]12. The summed E-state index contributed by atoms with van der Waals surface area (Å²) in [7, 11) is 0. The van der Waals surface area contributed by atoms with Crippen molar-refractivity contribution < 1.29 is 19.4 Å². The fraction of sp³-hybridized carbons (Fsp3) is 0.708. The van der Waals surface area contributed by atoms with Gasteiger partial charge in [0.15, 0.2) is 0 Å². The third kappa shape index (κ3) is 4.98. The first-order valence-electron chi connectivity index (χ1n) is 11.2. The maximum absolute atomic E-state index is 12.9. The number of carbonyl (C=O) groups excluding carboxylic acids is 1. The Kier molecular flexibility index (Phi) is 5.62. The van der Waals surface area contributed by atoms with Gasteiger partial charge >= 0.3 is 0 Å². The molecule has 0 radical (unpaired) electrons. The molecule has 166 valence electrons. The number of carbonyl (C=O) groups is 1. The average molecular weight is 417 g/mol. The number of ether oxygens (including phenoxy) is 2. The van der Waals surface area contributed by atoms with Crippen LogP contribution in [0.3, 0.4) is 0 Å². The molecule has 30 heavy (non-hydrogen) atoms. The van der Waals surface area contributed by atoms with Crippen LogP contribution in [0.25, 0.3) is 0 Å². The van der Waals surface area contributed by atoms with Crippen LogP contribution in [0.1, 0.15) is 58.9 Å². The normalized spacial score (nSPS) is 27.5. The standard InChI is InChI=1S/C24H36N2O4/c1-23(2,3)30-22(28)26-12-17-18(13-26)20(17)21(27)25-24(4,5)14-29-19-9-7-6-8-16(19)15-10-11-15/h6-9,15,17-18,20,22,28H,10-14H2,1-5H3,(H,25,27)/t17-,18+,20?,22?. The lowest BCUT2D eigenvalue weighted by molar-refractivity contribution is -0.236. The Hall–Kier alpha value is -1.63. The smallest absolute Gasteiger partial charge is 0.224 e. The van der Waals surface area contributed by atoms with Crippen LogP contribution >= 0.6 is 0 Å². The highest BCUT2D eigenvalue weighted by Crippen LogP contribution is 2.52. The minimum absolute atomic E-state index is 0.0288. The molecule has 3 aliphatic rings. The van der Waals surface area contributed by atoms with Gasteiger partial charge in [0, 0.05) is 19.0 Å². The van der Waals surface area contributed by atoms with Gasteiger partial charge in [-0.3, -0.25) is 9.69 Å². The lowest BCUT2D eigenvalue weighted by Gasteiger charge is -2.31. The van der Waals surface area contributed by atoms with E-state index in [1.807, 2.05) is 51.7 Å². The highest BCUT2D eigenvalue weighted by Gasteiger charge is 2.60. The first-order chi connectivity index (χ1) is 14.0. The molecular formula is C24H36N2O4. The Balaban J connectivity index is 1.25. The van der Waals surface area contributed by atoms with E-state index in [0.29, 0.717) is 37.5 Å². The Morgan fingerprint density at radius 2 is 1.80 bits per heavy atom. The van der Waals surface area contributed by atoms with Crippen LogP contribution in [-0.4, -0.2) is 53.2 Å². The molecule has 0 spiro atoms. The molecule has 2 N–H and O–H groups in total. The monoisotopic (exact) mass is 416 g/mol. The van der Waals surface area contributed by atoms with E-state index in [4.69, 9.17) is 9.47 Å². The molecule has 0 bridgehead atoms. The third-order valence-electron chi connectivity index (χ3n) is 6.28. The topological polar surface area (TPSA) is 71.0 Å². The van der Waals surface area contributed by atoms with Gasteiger partial charge in [0.05, 0.1) is 11.1 Å². The van der Waals surface area contributed by atoms with Gasteiger partial charge in [-0.05, 0) is 76.8 Å². The highest BCUT2D eigenvalue weighted by atomic mass is 16.6. The molecule has 1 amide bonds. The van der Waals surface area contributed by atoms with Crippen molar-refractivity contribution in [1.29, 1.82) is 0 Å². The molecule has 6 nitrogen and oxygen atoms in total. The number of nitrogens with one attached hydrogen (secondary N) is 1. The summed E-state index contributed by atoms with van der Waals surface area (Å²) >= 11 is 0. The summed E-state index contributed by atoms with van der Waals surface area (Å²) < 4.78 is 11.8. The van der Waals surface area contributed by atoms with Gasteiger partial charge < -0.3 is 19.9 Å². The third-order valence-corrected chi connectivity index (χ3v) is 6.28. The van der Waals surface area contributed by atoms with Gasteiger partial charge in [0.2, 0.25) is 12.3 Å². The minimum atomic E-state index is -0.905. The van der Waals surface area contributed by atoms with Gasteiger partial charge in [0.25, 0.3) is 0 Å². The lowest BCUT2D eigenvalue weighted by Crippen LogP contribution is -2.49. The summed E-state index contributed by atoms with van der Waals surface area (Å²) in [6.45, 7) is 11.6. The largest absolute Gasteiger partial charge is 0.491 e. The molecule has 1 heterocycles. The molecule has 4 rings (SSSR count). The van der Waals surface area contributed by atoms with Crippen molar-refractivity contribution in [3.05, 3.63) is 29.8 Å². The van der Waals surface area contributed by atoms with E-state index in [2.05, 4.69) is 17.4 Å². The van der Waals surface area contributed by atoms with E-state index in [1.54, 1.807) is 0 Å². The van der Waals surface area contributed by atoms with Gasteiger partial charge in [-0.15, -0.1) is 0 Å². The highest BCUT2D eigenvalue weighted by molar-refractivity contribution is 5.83. The number of fused-ring (bicyclic) bond motifs is 1. The molecule has 1 saturated heterocycles. The molecule has 2 aliphatic carbocycles. The quantitative estimate of drug-likeness (QED) is 0.637. The second kappa shape index (κ2) is 7.81. The van der Waals surface area contributed by atoms with Crippen LogP contribution in [-0.2, 0) is 9.53 Å². The zero-order chi connectivity index (χ0) is 21.7. The molecule has 1 aliphatic heterocycles. The number of nitrogens with zero attached hydrogens (tertiary/aromatic N) is 1. The van der Waals surface area contributed by atoms with E-state index in [1.165, 1.54) is 18.4 Å². The number of hydrogen-bond acceptors (Lipinski definition) is 5. The molecule has 2 saturated carbocycles.